The first kappa shape index (κ1) is 20.0. The molecule has 29 heavy (non-hydrogen) atoms. The number of nitrogens with zero attached hydrogens (tertiary/aromatic N) is 3. The topological polar surface area (TPSA) is 45.7 Å². The summed E-state index contributed by atoms with van der Waals surface area (Å²) in [5.74, 6) is 0.121. The minimum atomic E-state index is 0.121. The number of piperidine rings is 1. The van der Waals surface area contributed by atoms with Crippen molar-refractivity contribution in [1.82, 2.24) is 9.88 Å². The van der Waals surface area contributed by atoms with Crippen LogP contribution in [-0.4, -0.2) is 48.1 Å². The number of para-hydroxylation sites is 1. The van der Waals surface area contributed by atoms with Gasteiger partial charge in [0.1, 0.15) is 0 Å². The van der Waals surface area contributed by atoms with Crippen LogP contribution >= 0.6 is 11.3 Å². The van der Waals surface area contributed by atoms with Crippen LogP contribution in [0.15, 0.2) is 54.6 Å². The van der Waals surface area contributed by atoms with E-state index in [0.717, 1.165) is 41.3 Å². The Morgan fingerprint density at radius 1 is 1.14 bits per heavy atom. The van der Waals surface area contributed by atoms with E-state index in [1.807, 2.05) is 48.2 Å². The van der Waals surface area contributed by atoms with E-state index in [-0.39, 0.29) is 12.0 Å². The van der Waals surface area contributed by atoms with Gasteiger partial charge in [0, 0.05) is 19.6 Å². The Morgan fingerprint density at radius 3 is 2.59 bits per heavy atom. The molecule has 0 saturated carbocycles. The highest BCUT2D eigenvalue weighted by Crippen LogP contribution is 2.28. The zero-order valence-corrected chi connectivity index (χ0v) is 17.6. The van der Waals surface area contributed by atoms with E-state index in [9.17, 15) is 4.79 Å². The van der Waals surface area contributed by atoms with Crippen LogP contribution < -0.4 is 4.90 Å². The number of carbonyl (C=O) groups is 1. The van der Waals surface area contributed by atoms with Gasteiger partial charge in [-0.3, -0.25) is 14.6 Å². The number of rotatable bonds is 7. The van der Waals surface area contributed by atoms with Crippen molar-refractivity contribution in [2.75, 3.05) is 31.1 Å². The third-order valence-corrected chi connectivity index (χ3v) is 6.41. The second kappa shape index (κ2) is 9.48. The number of likely N-dealkylation sites (tertiary alicyclic amines) is 1. The fraction of sp³-hybridized carbons (Fsp3) is 0.391. The second-order valence-corrected chi connectivity index (χ2v) is 8.38. The summed E-state index contributed by atoms with van der Waals surface area (Å²) in [7, 11) is 0. The summed E-state index contributed by atoms with van der Waals surface area (Å²) in [5.41, 5.74) is 2.16. The van der Waals surface area contributed by atoms with E-state index in [1.165, 1.54) is 5.56 Å². The van der Waals surface area contributed by atoms with Gasteiger partial charge in [-0.2, -0.15) is 0 Å². The number of amides is 1. The van der Waals surface area contributed by atoms with Crippen LogP contribution in [0.4, 0.5) is 5.13 Å². The molecular formula is C23H27N3O2S. The molecule has 1 aliphatic heterocycles. The van der Waals surface area contributed by atoms with Crippen LogP contribution in [0, 0.1) is 0 Å². The van der Waals surface area contributed by atoms with E-state index >= 15 is 0 Å². The van der Waals surface area contributed by atoms with Crippen molar-refractivity contribution in [1.29, 1.82) is 0 Å². The van der Waals surface area contributed by atoms with Gasteiger partial charge >= 0.3 is 0 Å². The number of anilines is 1. The number of likely N-dealkylation sites (N-methyl/N-ethyl adjacent to an activating group) is 1. The monoisotopic (exact) mass is 409 g/mol. The molecule has 1 aromatic heterocycles. The molecule has 1 fully saturated rings. The Hall–Kier alpha value is -2.28. The number of benzene rings is 2. The number of hydrogen-bond acceptors (Lipinski definition) is 5. The highest BCUT2D eigenvalue weighted by atomic mass is 32.1. The quantitative estimate of drug-likeness (QED) is 0.583. The van der Waals surface area contributed by atoms with Gasteiger partial charge in [0.15, 0.2) is 5.13 Å². The highest BCUT2D eigenvalue weighted by molar-refractivity contribution is 7.22. The molecule has 0 N–H and O–H groups in total. The van der Waals surface area contributed by atoms with Crippen LogP contribution in [-0.2, 0) is 16.1 Å². The predicted molar refractivity (Wildman–Crippen MR) is 118 cm³/mol. The summed E-state index contributed by atoms with van der Waals surface area (Å²) in [6.07, 6.45) is 2.20. The van der Waals surface area contributed by atoms with Crippen LogP contribution in [0.1, 0.15) is 25.3 Å². The van der Waals surface area contributed by atoms with Crippen molar-refractivity contribution in [3.63, 3.8) is 0 Å². The second-order valence-electron chi connectivity index (χ2n) is 7.37. The Labute approximate surface area is 175 Å². The summed E-state index contributed by atoms with van der Waals surface area (Å²) in [4.78, 5) is 21.6. The van der Waals surface area contributed by atoms with E-state index in [1.54, 1.807) is 11.3 Å². The first-order chi connectivity index (χ1) is 14.2. The molecule has 2 heterocycles. The minimum Gasteiger partial charge on any atom is -0.373 e. The third-order valence-electron chi connectivity index (χ3n) is 5.35. The van der Waals surface area contributed by atoms with Crippen molar-refractivity contribution in [2.24, 2.45) is 0 Å². The maximum Gasteiger partial charge on any atom is 0.242 e. The summed E-state index contributed by atoms with van der Waals surface area (Å²) < 4.78 is 7.18. The number of fused-ring (bicyclic) bond motifs is 1. The zero-order valence-electron chi connectivity index (χ0n) is 16.8. The van der Waals surface area contributed by atoms with Crippen molar-refractivity contribution in [2.45, 2.75) is 32.5 Å². The van der Waals surface area contributed by atoms with Crippen molar-refractivity contribution in [3.8, 4) is 0 Å². The number of ether oxygens (including phenoxy) is 1. The molecule has 2 aromatic carbocycles. The Morgan fingerprint density at radius 2 is 1.86 bits per heavy atom. The van der Waals surface area contributed by atoms with Crippen molar-refractivity contribution < 1.29 is 9.53 Å². The predicted octanol–water partition coefficient (Wildman–Crippen LogP) is 4.33. The van der Waals surface area contributed by atoms with Gasteiger partial charge < -0.3 is 4.74 Å². The highest BCUT2D eigenvalue weighted by Gasteiger charge is 2.24. The SMILES string of the molecule is CCN(C(=O)CN1CCC(OCc2ccccc2)CC1)c1nc2ccccc2s1. The van der Waals surface area contributed by atoms with Crippen LogP contribution in [0.3, 0.4) is 0 Å². The molecule has 5 nitrogen and oxygen atoms in total. The molecule has 152 valence electrons. The molecule has 0 unspecified atom stereocenters. The van der Waals surface area contributed by atoms with E-state index in [0.29, 0.717) is 19.7 Å². The van der Waals surface area contributed by atoms with Crippen LogP contribution in [0.25, 0.3) is 10.2 Å². The molecule has 1 aliphatic rings. The Balaban J connectivity index is 1.28. The van der Waals surface area contributed by atoms with E-state index in [4.69, 9.17) is 4.74 Å². The lowest BCUT2D eigenvalue weighted by atomic mass is 10.1. The molecule has 0 bridgehead atoms. The van der Waals surface area contributed by atoms with Gasteiger partial charge in [0.05, 0.1) is 29.5 Å². The summed E-state index contributed by atoms with van der Waals surface area (Å²) in [6.45, 7) is 5.52. The standard InChI is InChI=1S/C23H27N3O2S/c1-2-26(23-24-20-10-6-7-11-21(20)29-23)22(27)16-25-14-12-19(13-15-25)28-17-18-8-4-3-5-9-18/h3-11,19H,2,12-17H2,1H3. The lowest BCUT2D eigenvalue weighted by Crippen LogP contribution is -2.44. The van der Waals surface area contributed by atoms with Gasteiger partial charge in [-0.1, -0.05) is 53.8 Å². The molecule has 0 atom stereocenters. The van der Waals surface area contributed by atoms with E-state index in [2.05, 4.69) is 28.1 Å². The summed E-state index contributed by atoms with van der Waals surface area (Å²) in [6, 6.07) is 18.3. The van der Waals surface area contributed by atoms with E-state index < -0.39 is 0 Å². The minimum absolute atomic E-state index is 0.121. The normalized spacial score (nSPS) is 15.6. The average Bonchev–Trinajstić information content (AvgIpc) is 3.18. The lowest BCUT2D eigenvalue weighted by molar-refractivity contribution is -0.120. The van der Waals surface area contributed by atoms with Crippen LogP contribution in [0.2, 0.25) is 0 Å². The number of aromatic nitrogens is 1. The van der Waals surface area contributed by atoms with Gasteiger partial charge in [-0.25, -0.2) is 4.98 Å². The summed E-state index contributed by atoms with van der Waals surface area (Å²) >= 11 is 1.58. The molecule has 1 amide bonds. The third kappa shape index (κ3) is 5.01. The van der Waals surface area contributed by atoms with Gasteiger partial charge in [-0.05, 0) is 37.5 Å². The van der Waals surface area contributed by atoms with Gasteiger partial charge in [0.25, 0.3) is 0 Å². The maximum absolute atomic E-state index is 12.9. The maximum atomic E-state index is 12.9. The first-order valence-electron chi connectivity index (χ1n) is 10.3. The summed E-state index contributed by atoms with van der Waals surface area (Å²) in [5, 5.41) is 0.791. The van der Waals surface area contributed by atoms with Crippen molar-refractivity contribution in [3.05, 3.63) is 60.2 Å². The molecule has 1 saturated heterocycles. The molecule has 3 aromatic rings. The molecule has 0 aliphatic carbocycles. The molecule has 6 heteroatoms. The number of thiazole rings is 1. The lowest BCUT2D eigenvalue weighted by Gasteiger charge is -2.32. The number of carbonyl (C=O) groups excluding carboxylic acids is 1. The van der Waals surface area contributed by atoms with Crippen molar-refractivity contribution >= 4 is 32.6 Å². The molecule has 0 radical (unpaired) electrons. The Kier molecular flexibility index (Phi) is 6.54. The average molecular weight is 410 g/mol. The van der Waals surface area contributed by atoms with Crippen LogP contribution in [0.5, 0.6) is 0 Å². The molecule has 4 rings (SSSR count). The smallest absolute Gasteiger partial charge is 0.242 e. The zero-order chi connectivity index (χ0) is 20.1. The largest absolute Gasteiger partial charge is 0.373 e. The van der Waals surface area contributed by atoms with Gasteiger partial charge in [0.2, 0.25) is 5.91 Å². The fourth-order valence-electron chi connectivity index (χ4n) is 3.69. The first-order valence-corrected chi connectivity index (χ1v) is 11.1. The Bertz CT molecular complexity index is 902. The number of hydrogen-bond donors (Lipinski definition) is 0. The molecule has 0 spiro atoms. The van der Waals surface area contributed by atoms with Gasteiger partial charge in [-0.15, -0.1) is 0 Å². The molecular weight excluding hydrogens is 382 g/mol. The fourth-order valence-corrected chi connectivity index (χ4v) is 4.74.